The van der Waals surface area contributed by atoms with Crippen molar-refractivity contribution in [2.75, 3.05) is 9.80 Å². The number of rotatable bonds is 11. The van der Waals surface area contributed by atoms with Gasteiger partial charge in [0.25, 0.3) is 6.71 Å². The topological polar surface area (TPSA) is 11.4 Å². The molecule has 0 saturated carbocycles. The minimum absolute atomic E-state index is 0.139. The molecule has 16 aromatic rings. The van der Waals surface area contributed by atoms with Crippen LogP contribution in [-0.4, -0.2) is 11.3 Å². The number of nitrogens with zero attached hydrogens (tertiary/aromatic N) is 3. The molecule has 0 aliphatic carbocycles. The lowest BCUT2D eigenvalue weighted by atomic mass is 9.33. The molecule has 0 spiro atoms. The summed E-state index contributed by atoms with van der Waals surface area (Å²) < 4.78 is 2.52. The van der Waals surface area contributed by atoms with Crippen LogP contribution < -0.4 is 26.2 Å². The van der Waals surface area contributed by atoms with E-state index in [1.54, 1.807) is 0 Å². The summed E-state index contributed by atoms with van der Waals surface area (Å²) in [5, 5.41) is 2.39. The lowest BCUT2D eigenvalue weighted by Gasteiger charge is -2.46. The van der Waals surface area contributed by atoms with Crippen LogP contribution in [0.25, 0.3) is 117 Å². The Morgan fingerprint density at radius 1 is 0.245 bits per heavy atom. The molecule has 2 aliphatic rings. The third kappa shape index (κ3) is 10.7. The second kappa shape index (κ2) is 24.9. The van der Waals surface area contributed by atoms with Crippen LogP contribution in [0.2, 0.25) is 0 Å². The molecule has 102 heavy (non-hydrogen) atoms. The van der Waals surface area contributed by atoms with E-state index in [0.29, 0.717) is 0 Å². The van der Waals surface area contributed by atoms with Crippen molar-refractivity contribution in [2.45, 2.75) is 52.4 Å². The van der Waals surface area contributed by atoms with Gasteiger partial charge in [-0.1, -0.05) is 339 Å². The molecule has 15 aromatic carbocycles. The van der Waals surface area contributed by atoms with Gasteiger partial charge in [0.15, 0.2) is 0 Å². The van der Waals surface area contributed by atoms with E-state index in [0.717, 1.165) is 123 Å². The average Bonchev–Trinajstić information content (AvgIpc) is 0.769. The number of para-hydroxylation sites is 4. The first-order chi connectivity index (χ1) is 49.9. The fraction of sp³-hybridized carbons (Fsp3) is 0.0816. The maximum Gasteiger partial charge on any atom is 0.252 e. The van der Waals surface area contributed by atoms with Crippen LogP contribution in [0.5, 0.6) is 0 Å². The normalized spacial score (nSPS) is 12.5. The first-order valence-corrected chi connectivity index (χ1v) is 35.8. The molecule has 18 rings (SSSR count). The zero-order valence-electron chi connectivity index (χ0n) is 58.4. The molecule has 0 radical (unpaired) electrons. The molecular weight excluding hydrogens is 1230 g/mol. The Balaban J connectivity index is 1.05. The zero-order chi connectivity index (χ0) is 68.8. The summed E-state index contributed by atoms with van der Waals surface area (Å²) >= 11 is 0. The number of hydrogen-bond acceptors (Lipinski definition) is 2. The number of aromatic nitrogens is 1. The second-order valence-electron chi connectivity index (χ2n) is 29.6. The van der Waals surface area contributed by atoms with E-state index in [1.165, 1.54) is 54.9 Å². The summed E-state index contributed by atoms with van der Waals surface area (Å²) in [7, 11) is 0. The molecule has 1 aromatic heterocycles. The van der Waals surface area contributed by atoms with Crippen molar-refractivity contribution in [3.05, 3.63) is 363 Å². The van der Waals surface area contributed by atoms with Gasteiger partial charge in [-0.05, 0) is 154 Å². The smallest absolute Gasteiger partial charge is 0.252 e. The van der Waals surface area contributed by atoms with Gasteiger partial charge in [0.05, 0.1) is 22.4 Å². The maximum atomic E-state index is 2.69. The predicted molar refractivity (Wildman–Crippen MR) is 436 cm³/mol. The number of hydrogen-bond donors (Lipinski definition) is 0. The maximum absolute atomic E-state index is 2.69. The Hall–Kier alpha value is -12.2. The fourth-order valence-electron chi connectivity index (χ4n) is 16.2. The molecule has 0 N–H and O–H groups in total. The molecule has 2 aliphatic heterocycles. The Kier molecular flexibility index (Phi) is 15.1. The Morgan fingerprint density at radius 3 is 1.02 bits per heavy atom. The van der Waals surface area contributed by atoms with Crippen LogP contribution in [0.1, 0.15) is 52.7 Å². The minimum atomic E-state index is -0.220. The van der Waals surface area contributed by atoms with Crippen molar-refractivity contribution in [1.82, 2.24) is 4.57 Å². The zero-order valence-corrected chi connectivity index (χ0v) is 58.4. The van der Waals surface area contributed by atoms with E-state index >= 15 is 0 Å². The lowest BCUT2D eigenvalue weighted by Crippen LogP contribution is -2.61. The molecule has 0 amide bonds. The summed E-state index contributed by atoms with van der Waals surface area (Å²) in [4.78, 5) is 5.38. The van der Waals surface area contributed by atoms with Crippen molar-refractivity contribution in [3.63, 3.8) is 0 Å². The molecule has 0 bridgehead atoms. The van der Waals surface area contributed by atoms with Crippen molar-refractivity contribution in [3.8, 4) is 94.7 Å². The van der Waals surface area contributed by atoms with Crippen LogP contribution in [0.15, 0.2) is 352 Å². The average molecular weight is 1310 g/mol. The molecule has 0 saturated heterocycles. The van der Waals surface area contributed by atoms with E-state index in [9.17, 15) is 0 Å². The summed E-state index contributed by atoms with van der Waals surface area (Å²) in [5.74, 6) is 0. The van der Waals surface area contributed by atoms with Crippen molar-refractivity contribution in [1.29, 1.82) is 0 Å². The SMILES string of the molecule is CC(C)(C)c1cc(-c2cc(-c3cc4c5c(c3)N(c3c(-c6ccccc6)cccc3-c3ccccc3)c3cc(-c6ccccc6)ccc3B5c3ccc(-c5ccccc5)cc3N4c3c(-c4ccccc4)cccc3-c3ccccc3)cc3c4ccccc4n(-c4ccccc4)c23)cc(C(C)(C)C)c1. The van der Waals surface area contributed by atoms with Crippen LogP contribution in [0, 0.1) is 0 Å². The van der Waals surface area contributed by atoms with E-state index in [4.69, 9.17) is 0 Å². The largest absolute Gasteiger partial charge is 0.310 e. The molecule has 0 atom stereocenters. The number of benzene rings is 15. The molecule has 0 unspecified atom stereocenters. The first-order valence-electron chi connectivity index (χ1n) is 35.8. The number of fused-ring (bicyclic) bond motifs is 7. The van der Waals surface area contributed by atoms with Gasteiger partial charge in [-0.25, -0.2) is 0 Å². The van der Waals surface area contributed by atoms with E-state index in [1.807, 2.05) is 0 Å². The van der Waals surface area contributed by atoms with Gasteiger partial charge in [0, 0.05) is 67.0 Å². The summed E-state index contributed by atoms with van der Waals surface area (Å²) in [6.07, 6.45) is 0. The van der Waals surface area contributed by atoms with Crippen LogP contribution in [-0.2, 0) is 10.8 Å². The molecule has 3 heterocycles. The van der Waals surface area contributed by atoms with Gasteiger partial charge in [0.1, 0.15) is 0 Å². The summed E-state index contributed by atoms with van der Waals surface area (Å²) in [6.45, 7) is 13.9. The molecule has 3 nitrogen and oxygen atoms in total. The highest BCUT2D eigenvalue weighted by Crippen LogP contribution is 2.55. The Morgan fingerprint density at radius 2 is 0.608 bits per heavy atom. The van der Waals surface area contributed by atoms with Crippen LogP contribution in [0.4, 0.5) is 34.1 Å². The summed E-state index contributed by atoms with van der Waals surface area (Å²) in [6, 6.07) is 132. The third-order valence-corrected chi connectivity index (χ3v) is 21.2. The van der Waals surface area contributed by atoms with E-state index in [-0.39, 0.29) is 17.5 Å². The van der Waals surface area contributed by atoms with Gasteiger partial charge in [-0.15, -0.1) is 0 Å². The molecule has 486 valence electrons. The second-order valence-corrected chi connectivity index (χ2v) is 29.6. The van der Waals surface area contributed by atoms with Gasteiger partial charge in [0.2, 0.25) is 0 Å². The van der Waals surface area contributed by atoms with Gasteiger partial charge in [-0.3, -0.25) is 0 Å². The van der Waals surface area contributed by atoms with E-state index in [2.05, 4.69) is 408 Å². The molecular formula is C98H76BN3. The Bertz CT molecular complexity index is 5480. The lowest BCUT2D eigenvalue weighted by molar-refractivity contribution is 0.569. The summed E-state index contributed by atoms with van der Waals surface area (Å²) in [5.41, 5.74) is 34.5. The predicted octanol–water partition coefficient (Wildman–Crippen LogP) is 24.8. The van der Waals surface area contributed by atoms with E-state index < -0.39 is 0 Å². The van der Waals surface area contributed by atoms with Gasteiger partial charge in [-0.2, -0.15) is 0 Å². The highest BCUT2D eigenvalue weighted by Gasteiger charge is 2.46. The molecule has 4 heteroatoms. The van der Waals surface area contributed by atoms with Crippen molar-refractivity contribution < 1.29 is 0 Å². The van der Waals surface area contributed by atoms with Gasteiger partial charge >= 0.3 is 0 Å². The monoisotopic (exact) mass is 1310 g/mol. The van der Waals surface area contributed by atoms with Crippen LogP contribution >= 0.6 is 0 Å². The van der Waals surface area contributed by atoms with Crippen molar-refractivity contribution >= 4 is 79.0 Å². The number of anilines is 6. The highest BCUT2D eigenvalue weighted by atomic mass is 15.2. The Labute approximate surface area is 599 Å². The van der Waals surface area contributed by atoms with Gasteiger partial charge < -0.3 is 14.4 Å². The highest BCUT2D eigenvalue weighted by molar-refractivity contribution is 7.00. The quantitative estimate of drug-likeness (QED) is 0.120. The van der Waals surface area contributed by atoms with Crippen LogP contribution in [0.3, 0.4) is 0 Å². The third-order valence-electron chi connectivity index (χ3n) is 21.2. The first kappa shape index (κ1) is 62.0. The standard InChI is InChI=1S/C98H76BN3/c1-97(2,3)76-56-75(57-77(64-76)98(4,5)6)84-58-73(59-85-83-46-28-29-51-88(83)100(96(84)85)78-44-26-13-27-45-78)74-62-91-93-92(63-74)102(95-81(69-40-22-11-23-41-69)49-31-50-82(95)70-42-24-12-25-43-70)90-61-72(66-34-16-8-17-35-66)53-55-87(90)99(93)86-54-52-71(65-32-14-7-15-33-65)60-89(86)101(91)94-79(67-36-18-9-19-37-67)47-30-48-80(94)68-38-20-10-21-39-68/h7-64H,1-6H3. The minimum Gasteiger partial charge on any atom is -0.310 e. The van der Waals surface area contributed by atoms with Crippen molar-refractivity contribution in [2.24, 2.45) is 0 Å². The molecule has 0 fully saturated rings. The fourth-order valence-corrected chi connectivity index (χ4v) is 16.2.